The van der Waals surface area contributed by atoms with Crippen LogP contribution in [0.3, 0.4) is 0 Å². The van der Waals surface area contributed by atoms with Crippen molar-refractivity contribution in [2.75, 3.05) is 26.2 Å². The molecule has 0 spiro atoms. The maximum atomic E-state index is 13.0. The molecule has 0 unspecified atom stereocenters. The molecule has 1 N–H and O–H groups in total. The van der Waals surface area contributed by atoms with Crippen LogP contribution in [0.1, 0.15) is 28.2 Å². The van der Waals surface area contributed by atoms with Crippen LogP contribution >= 0.6 is 36.2 Å². The average Bonchev–Trinajstić information content (AvgIpc) is 3.25. The number of halogens is 2. The summed E-state index contributed by atoms with van der Waals surface area (Å²) >= 11 is 1.49. The third kappa shape index (κ3) is 4.06. The lowest BCUT2D eigenvalue weighted by molar-refractivity contribution is 0.0762. The Bertz CT molecular complexity index is 748. The van der Waals surface area contributed by atoms with E-state index in [2.05, 4.69) is 15.4 Å². The number of rotatable bonds is 2. The predicted molar refractivity (Wildman–Crippen MR) is 109 cm³/mol. The van der Waals surface area contributed by atoms with E-state index < -0.39 is 0 Å². The van der Waals surface area contributed by atoms with E-state index in [1.54, 1.807) is 10.9 Å². The van der Waals surface area contributed by atoms with Gasteiger partial charge in [0.15, 0.2) is 0 Å². The molecule has 0 bridgehead atoms. The monoisotopic (exact) mass is 417 g/mol. The molecule has 2 aliphatic rings. The molecular formula is C17H25Cl2N5OS. The number of fused-ring (bicyclic) bond motifs is 1. The van der Waals surface area contributed by atoms with Crippen molar-refractivity contribution in [2.45, 2.75) is 19.8 Å². The fraction of sp³-hybridized carbons (Fsp3) is 0.588. The Morgan fingerprint density at radius 1 is 1.23 bits per heavy atom. The van der Waals surface area contributed by atoms with Gasteiger partial charge < -0.3 is 10.2 Å². The lowest BCUT2D eigenvalue weighted by Gasteiger charge is -2.20. The SMILES string of the molecule is Cc1nc(-c2cnn(C)c2)sc1C(=O)N1CC[C@@H]2CNC[C@@H]2CC1.Cl.Cl. The number of amides is 1. The number of carbonyl (C=O) groups excluding carboxylic acids is 1. The molecule has 2 atom stereocenters. The van der Waals surface area contributed by atoms with Crippen LogP contribution in [0, 0.1) is 18.8 Å². The fourth-order valence-corrected chi connectivity index (χ4v) is 4.82. The van der Waals surface area contributed by atoms with E-state index in [4.69, 9.17) is 0 Å². The van der Waals surface area contributed by atoms with Crippen LogP contribution < -0.4 is 5.32 Å². The summed E-state index contributed by atoms with van der Waals surface area (Å²) < 4.78 is 1.76. The van der Waals surface area contributed by atoms with Crippen LogP contribution in [0.2, 0.25) is 0 Å². The lowest BCUT2D eigenvalue weighted by Crippen LogP contribution is -2.32. The molecule has 4 rings (SSSR count). The first-order valence-corrected chi connectivity index (χ1v) is 9.40. The van der Waals surface area contributed by atoms with Crippen molar-refractivity contribution in [3.63, 3.8) is 0 Å². The van der Waals surface area contributed by atoms with Gasteiger partial charge >= 0.3 is 0 Å². The quantitative estimate of drug-likeness (QED) is 0.815. The third-order valence-corrected chi connectivity index (χ3v) is 6.44. The van der Waals surface area contributed by atoms with E-state index in [-0.39, 0.29) is 30.7 Å². The van der Waals surface area contributed by atoms with Gasteiger partial charge in [-0.2, -0.15) is 5.10 Å². The summed E-state index contributed by atoms with van der Waals surface area (Å²) in [6, 6.07) is 0. The lowest BCUT2D eigenvalue weighted by atomic mass is 9.92. The number of carbonyl (C=O) groups is 1. The topological polar surface area (TPSA) is 63.1 Å². The highest BCUT2D eigenvalue weighted by molar-refractivity contribution is 7.17. The van der Waals surface area contributed by atoms with E-state index in [0.29, 0.717) is 0 Å². The number of aryl methyl sites for hydroxylation is 2. The van der Waals surface area contributed by atoms with E-state index in [1.165, 1.54) is 11.3 Å². The van der Waals surface area contributed by atoms with Crippen LogP contribution in [0.25, 0.3) is 10.6 Å². The van der Waals surface area contributed by atoms with Crippen molar-refractivity contribution in [2.24, 2.45) is 18.9 Å². The number of hydrogen-bond acceptors (Lipinski definition) is 5. The van der Waals surface area contributed by atoms with Gasteiger partial charge in [0.25, 0.3) is 5.91 Å². The molecule has 2 aromatic heterocycles. The molecule has 0 radical (unpaired) electrons. The number of likely N-dealkylation sites (tertiary alicyclic amines) is 1. The molecule has 4 heterocycles. The Hall–Kier alpha value is -1.15. The van der Waals surface area contributed by atoms with E-state index in [1.807, 2.05) is 25.1 Å². The highest BCUT2D eigenvalue weighted by Crippen LogP contribution is 2.31. The molecule has 6 nitrogen and oxygen atoms in total. The molecule has 9 heteroatoms. The Balaban J connectivity index is 0.00000121. The molecule has 1 amide bonds. The molecule has 0 aliphatic carbocycles. The number of hydrogen-bond donors (Lipinski definition) is 1. The van der Waals surface area contributed by atoms with Gasteiger partial charge in [-0.1, -0.05) is 0 Å². The molecule has 26 heavy (non-hydrogen) atoms. The predicted octanol–water partition coefficient (Wildman–Crippen LogP) is 2.77. The highest BCUT2D eigenvalue weighted by Gasteiger charge is 2.32. The van der Waals surface area contributed by atoms with Gasteiger partial charge in [-0.25, -0.2) is 4.98 Å². The van der Waals surface area contributed by atoms with Gasteiger partial charge in [-0.05, 0) is 44.7 Å². The second-order valence-electron chi connectivity index (χ2n) is 6.88. The van der Waals surface area contributed by atoms with Crippen molar-refractivity contribution in [3.05, 3.63) is 23.0 Å². The zero-order chi connectivity index (χ0) is 16.7. The van der Waals surface area contributed by atoms with Crippen molar-refractivity contribution < 1.29 is 4.79 Å². The zero-order valence-electron chi connectivity index (χ0n) is 15.0. The Morgan fingerprint density at radius 2 is 1.88 bits per heavy atom. The number of nitrogens with zero attached hydrogens (tertiary/aromatic N) is 4. The van der Waals surface area contributed by atoms with Crippen LogP contribution in [0.4, 0.5) is 0 Å². The van der Waals surface area contributed by atoms with Gasteiger partial charge in [0.2, 0.25) is 0 Å². The summed E-state index contributed by atoms with van der Waals surface area (Å²) in [5.41, 5.74) is 1.80. The van der Waals surface area contributed by atoms with Crippen molar-refractivity contribution in [1.82, 2.24) is 25.0 Å². The van der Waals surface area contributed by atoms with Crippen LogP contribution in [0.5, 0.6) is 0 Å². The minimum atomic E-state index is 0. The Labute approximate surface area is 170 Å². The van der Waals surface area contributed by atoms with Crippen LogP contribution in [-0.2, 0) is 7.05 Å². The Morgan fingerprint density at radius 3 is 2.46 bits per heavy atom. The van der Waals surface area contributed by atoms with Crippen molar-refractivity contribution >= 4 is 42.1 Å². The van der Waals surface area contributed by atoms with Gasteiger partial charge in [0, 0.05) is 31.9 Å². The number of aromatic nitrogens is 3. The van der Waals surface area contributed by atoms with Gasteiger partial charge in [-0.3, -0.25) is 9.48 Å². The molecule has 144 valence electrons. The summed E-state index contributed by atoms with van der Waals surface area (Å²) in [5.74, 6) is 1.61. The van der Waals surface area contributed by atoms with Crippen molar-refractivity contribution in [1.29, 1.82) is 0 Å². The zero-order valence-corrected chi connectivity index (χ0v) is 17.4. The second-order valence-corrected chi connectivity index (χ2v) is 7.88. The summed E-state index contributed by atoms with van der Waals surface area (Å²) in [7, 11) is 1.89. The van der Waals surface area contributed by atoms with Gasteiger partial charge in [0.05, 0.1) is 11.9 Å². The summed E-state index contributed by atoms with van der Waals surface area (Å²) in [6.45, 7) is 5.87. The smallest absolute Gasteiger partial charge is 0.265 e. The maximum Gasteiger partial charge on any atom is 0.265 e. The molecule has 2 aliphatic heterocycles. The molecular weight excluding hydrogens is 393 g/mol. The van der Waals surface area contributed by atoms with Gasteiger partial charge in [0.1, 0.15) is 9.88 Å². The average molecular weight is 418 g/mol. The first-order chi connectivity index (χ1) is 11.6. The first kappa shape index (κ1) is 21.2. The maximum absolute atomic E-state index is 13.0. The van der Waals surface area contributed by atoms with Gasteiger partial charge in [-0.15, -0.1) is 36.2 Å². The van der Waals surface area contributed by atoms with E-state index in [0.717, 1.165) is 72.0 Å². The first-order valence-electron chi connectivity index (χ1n) is 8.58. The number of thiazole rings is 1. The standard InChI is InChI=1S/C17H23N5OS.2ClH/c1-11-15(24-16(20-11)14-9-19-21(2)10-14)17(23)22-5-3-12-7-18-8-13(12)4-6-22;;/h9-10,12-13,18H,3-8H2,1-2H3;2*1H/t12-,13+;;. The van der Waals surface area contributed by atoms with Crippen LogP contribution in [0.15, 0.2) is 12.4 Å². The van der Waals surface area contributed by atoms with Crippen LogP contribution in [-0.4, -0.2) is 51.8 Å². The summed E-state index contributed by atoms with van der Waals surface area (Å²) in [6.07, 6.45) is 5.95. The molecule has 2 saturated heterocycles. The minimum Gasteiger partial charge on any atom is -0.338 e. The van der Waals surface area contributed by atoms with E-state index >= 15 is 0 Å². The fourth-order valence-electron chi connectivity index (χ4n) is 3.81. The number of nitrogens with one attached hydrogen (secondary N) is 1. The molecule has 0 aromatic carbocycles. The normalized spacial score (nSPS) is 22.2. The summed E-state index contributed by atoms with van der Waals surface area (Å²) in [5, 5.41) is 8.55. The van der Waals surface area contributed by atoms with E-state index in [9.17, 15) is 4.79 Å². The second kappa shape index (κ2) is 8.69. The molecule has 2 aromatic rings. The molecule has 0 saturated carbocycles. The van der Waals surface area contributed by atoms with Crippen molar-refractivity contribution in [3.8, 4) is 10.6 Å². The third-order valence-electron chi connectivity index (χ3n) is 5.25. The highest BCUT2D eigenvalue weighted by atomic mass is 35.5. The summed E-state index contributed by atoms with van der Waals surface area (Å²) in [4.78, 5) is 20.4. The largest absolute Gasteiger partial charge is 0.338 e. The minimum absolute atomic E-state index is 0. The Kier molecular flexibility index (Phi) is 7.07. The molecule has 2 fully saturated rings.